The summed E-state index contributed by atoms with van der Waals surface area (Å²) >= 11 is 1.35. The van der Waals surface area contributed by atoms with Crippen LogP contribution in [0.5, 0.6) is 5.75 Å². The van der Waals surface area contributed by atoms with Crippen molar-refractivity contribution in [3.8, 4) is 5.75 Å². The van der Waals surface area contributed by atoms with E-state index in [1.165, 1.54) is 11.8 Å². The van der Waals surface area contributed by atoms with Crippen LogP contribution in [0.1, 0.15) is 0 Å². The van der Waals surface area contributed by atoms with Gasteiger partial charge in [0.25, 0.3) is 0 Å². The third-order valence-corrected chi connectivity index (χ3v) is 1.97. The second-order valence-corrected chi connectivity index (χ2v) is 2.95. The summed E-state index contributed by atoms with van der Waals surface area (Å²) in [6, 6.07) is 0. The Morgan fingerprint density at radius 3 is 2.77 bits per heavy atom. The van der Waals surface area contributed by atoms with Crippen LogP contribution < -0.4 is 4.74 Å². The van der Waals surface area contributed by atoms with Crippen molar-refractivity contribution >= 4 is 11.8 Å². The van der Waals surface area contributed by atoms with Crippen molar-refractivity contribution in [2.24, 2.45) is 0 Å². The summed E-state index contributed by atoms with van der Waals surface area (Å²) in [6.07, 6.45) is 4.82. The van der Waals surface area contributed by atoms with Gasteiger partial charge in [-0.15, -0.1) is 0 Å². The lowest BCUT2D eigenvalue weighted by atomic mass is 10.6. The van der Waals surface area contributed by atoms with E-state index in [4.69, 9.17) is 9.84 Å². The van der Waals surface area contributed by atoms with Crippen molar-refractivity contribution in [2.75, 3.05) is 13.7 Å². The van der Waals surface area contributed by atoms with Crippen molar-refractivity contribution in [3.05, 3.63) is 23.9 Å². The van der Waals surface area contributed by atoms with Crippen molar-refractivity contribution < 1.29 is 9.84 Å². The molecule has 0 atom stereocenters. The number of hydrogen-bond donors (Lipinski definition) is 1. The highest BCUT2D eigenvalue weighted by Gasteiger charge is 1.94. The molecule has 4 nitrogen and oxygen atoms in total. The van der Waals surface area contributed by atoms with Crippen LogP contribution in [0.4, 0.5) is 0 Å². The average molecular weight is 198 g/mol. The van der Waals surface area contributed by atoms with Crippen molar-refractivity contribution in [3.63, 3.8) is 0 Å². The minimum Gasteiger partial charge on any atom is -0.494 e. The van der Waals surface area contributed by atoms with Gasteiger partial charge in [-0.1, -0.05) is 17.8 Å². The number of aromatic nitrogens is 2. The van der Waals surface area contributed by atoms with E-state index in [9.17, 15) is 0 Å². The molecular weight excluding hydrogens is 188 g/mol. The van der Waals surface area contributed by atoms with Crippen LogP contribution >= 0.6 is 11.8 Å². The molecule has 0 saturated heterocycles. The molecule has 0 radical (unpaired) electrons. The molecule has 0 unspecified atom stereocenters. The lowest BCUT2D eigenvalue weighted by molar-refractivity contribution is 0.343. The average Bonchev–Trinajstić information content (AvgIpc) is 2.19. The molecule has 1 aromatic rings. The Labute approximate surface area is 80.7 Å². The Balaban J connectivity index is 2.54. The number of nitrogens with zero attached hydrogens (tertiary/aromatic N) is 2. The summed E-state index contributed by atoms with van der Waals surface area (Å²) in [7, 11) is 1.57. The normalized spacial score (nSPS) is 10.6. The van der Waals surface area contributed by atoms with Gasteiger partial charge in [0.05, 0.1) is 26.1 Å². The van der Waals surface area contributed by atoms with Gasteiger partial charge < -0.3 is 9.84 Å². The molecule has 0 aliphatic rings. The zero-order chi connectivity index (χ0) is 9.52. The van der Waals surface area contributed by atoms with E-state index < -0.39 is 0 Å². The third-order valence-electron chi connectivity index (χ3n) is 1.22. The molecule has 70 valence electrons. The predicted molar refractivity (Wildman–Crippen MR) is 50.7 cm³/mol. The van der Waals surface area contributed by atoms with Gasteiger partial charge in [-0.05, 0) is 5.41 Å². The Morgan fingerprint density at radius 2 is 2.23 bits per heavy atom. The molecule has 0 aliphatic carbocycles. The van der Waals surface area contributed by atoms with Gasteiger partial charge in [0.15, 0.2) is 10.9 Å². The molecule has 1 rings (SSSR count). The number of thioether (sulfide) groups is 1. The van der Waals surface area contributed by atoms with E-state index in [1.807, 2.05) is 0 Å². The molecule has 13 heavy (non-hydrogen) atoms. The molecule has 5 heteroatoms. The van der Waals surface area contributed by atoms with E-state index in [-0.39, 0.29) is 6.61 Å². The summed E-state index contributed by atoms with van der Waals surface area (Å²) in [5.74, 6) is 0.635. The highest BCUT2D eigenvalue weighted by molar-refractivity contribution is 8.02. The summed E-state index contributed by atoms with van der Waals surface area (Å²) in [5.41, 5.74) is 0. The van der Waals surface area contributed by atoms with Crippen molar-refractivity contribution in [1.29, 1.82) is 0 Å². The Morgan fingerprint density at radius 1 is 1.54 bits per heavy atom. The van der Waals surface area contributed by atoms with E-state index in [0.29, 0.717) is 10.9 Å². The van der Waals surface area contributed by atoms with Crippen molar-refractivity contribution in [2.45, 2.75) is 5.16 Å². The van der Waals surface area contributed by atoms with Crippen LogP contribution in [0.15, 0.2) is 29.0 Å². The Bertz CT molecular complexity index is 274. The maximum Gasteiger partial charge on any atom is 0.192 e. The number of methoxy groups -OCH3 is 1. The first-order valence-electron chi connectivity index (χ1n) is 3.65. The van der Waals surface area contributed by atoms with Gasteiger partial charge in [0.2, 0.25) is 0 Å². The monoisotopic (exact) mass is 198 g/mol. The van der Waals surface area contributed by atoms with Crippen LogP contribution in [0.3, 0.4) is 0 Å². The number of aliphatic hydroxyl groups is 1. The molecule has 0 saturated carbocycles. The van der Waals surface area contributed by atoms with Crippen LogP contribution in [0.2, 0.25) is 0 Å². The second kappa shape index (κ2) is 5.55. The minimum absolute atomic E-state index is 0.0309. The molecule has 1 heterocycles. The summed E-state index contributed by atoms with van der Waals surface area (Å²) < 4.78 is 4.90. The van der Waals surface area contributed by atoms with Gasteiger partial charge >= 0.3 is 0 Å². The van der Waals surface area contributed by atoms with E-state index >= 15 is 0 Å². The lowest BCUT2D eigenvalue weighted by Gasteiger charge is -1.97. The lowest BCUT2D eigenvalue weighted by Crippen LogP contribution is -1.88. The molecule has 1 aromatic heterocycles. The molecular formula is C8H10N2O2S. The SMILES string of the molecule is COc1cnc(S/C=C/CO)nc1. The Kier molecular flexibility index (Phi) is 4.28. The largest absolute Gasteiger partial charge is 0.494 e. The second-order valence-electron chi connectivity index (χ2n) is 2.08. The quantitative estimate of drug-likeness (QED) is 0.579. The first-order chi connectivity index (χ1) is 6.36. The van der Waals surface area contributed by atoms with Gasteiger partial charge in [-0.3, -0.25) is 0 Å². The summed E-state index contributed by atoms with van der Waals surface area (Å²) in [4.78, 5) is 8.03. The molecule has 1 N–H and O–H groups in total. The Hall–Kier alpha value is -1.07. The number of hydrogen-bond acceptors (Lipinski definition) is 5. The highest BCUT2D eigenvalue weighted by atomic mass is 32.2. The fourth-order valence-corrected chi connectivity index (χ4v) is 1.15. The van der Waals surface area contributed by atoms with Crippen LogP contribution in [0, 0.1) is 0 Å². The van der Waals surface area contributed by atoms with Gasteiger partial charge in [-0.2, -0.15) is 0 Å². The van der Waals surface area contributed by atoms with E-state index in [0.717, 1.165) is 0 Å². The number of rotatable bonds is 4. The van der Waals surface area contributed by atoms with E-state index in [1.54, 1.807) is 31.0 Å². The maximum absolute atomic E-state index is 8.47. The van der Waals surface area contributed by atoms with Crippen LogP contribution in [-0.4, -0.2) is 28.8 Å². The molecule has 0 fully saturated rings. The topological polar surface area (TPSA) is 55.2 Å². The smallest absolute Gasteiger partial charge is 0.192 e. The van der Waals surface area contributed by atoms with Crippen LogP contribution in [-0.2, 0) is 0 Å². The van der Waals surface area contributed by atoms with Gasteiger partial charge in [0.1, 0.15) is 0 Å². The fraction of sp³-hybridized carbons (Fsp3) is 0.250. The molecule has 0 aliphatic heterocycles. The van der Waals surface area contributed by atoms with Crippen LogP contribution in [0.25, 0.3) is 0 Å². The zero-order valence-corrected chi connectivity index (χ0v) is 7.99. The minimum atomic E-state index is 0.0309. The number of ether oxygens (including phenoxy) is 1. The molecule has 0 aromatic carbocycles. The molecule has 0 spiro atoms. The van der Waals surface area contributed by atoms with E-state index in [2.05, 4.69) is 9.97 Å². The van der Waals surface area contributed by atoms with Gasteiger partial charge in [0, 0.05) is 0 Å². The van der Waals surface area contributed by atoms with Crippen molar-refractivity contribution in [1.82, 2.24) is 9.97 Å². The summed E-state index contributed by atoms with van der Waals surface area (Å²) in [5, 5.41) is 10.8. The van der Waals surface area contributed by atoms with Gasteiger partial charge in [-0.25, -0.2) is 9.97 Å². The highest BCUT2D eigenvalue weighted by Crippen LogP contribution is 2.15. The number of aliphatic hydroxyl groups excluding tert-OH is 1. The maximum atomic E-state index is 8.47. The summed E-state index contributed by atoms with van der Waals surface area (Å²) in [6.45, 7) is 0.0309. The predicted octanol–water partition coefficient (Wildman–Crippen LogP) is 1.08. The third kappa shape index (κ3) is 3.43. The molecule has 0 amide bonds. The first kappa shape index (κ1) is 10.0. The zero-order valence-electron chi connectivity index (χ0n) is 7.17. The first-order valence-corrected chi connectivity index (χ1v) is 4.53. The molecule has 0 bridgehead atoms. The fourth-order valence-electron chi connectivity index (χ4n) is 0.623. The standard InChI is InChI=1S/C8H10N2O2S/c1-12-7-5-9-8(10-6-7)13-4-2-3-11/h2,4-6,11H,3H2,1H3/b4-2+.